The molecule has 0 amide bonds. The summed E-state index contributed by atoms with van der Waals surface area (Å²) in [5.41, 5.74) is 0.711. The molecule has 0 aliphatic heterocycles. The van der Waals surface area contributed by atoms with Crippen molar-refractivity contribution in [2.75, 3.05) is 0 Å². The summed E-state index contributed by atoms with van der Waals surface area (Å²) in [6.07, 6.45) is 0.0335. The molecule has 0 bridgehead atoms. The second-order valence-electron chi connectivity index (χ2n) is 5.39. The van der Waals surface area contributed by atoms with Crippen molar-refractivity contribution >= 4 is 13.6 Å². The van der Waals surface area contributed by atoms with Crippen molar-refractivity contribution in [3.8, 4) is 17.2 Å². The van der Waals surface area contributed by atoms with Crippen LogP contribution in [-0.2, 0) is 4.57 Å². The zero-order valence-electron chi connectivity index (χ0n) is 12.8. The molecule has 0 aromatic heterocycles. The molecule has 8 heteroatoms. The van der Waals surface area contributed by atoms with Crippen LogP contribution >= 0.6 is 7.82 Å². The van der Waals surface area contributed by atoms with Crippen LogP contribution in [0.2, 0.25) is 0 Å². The van der Waals surface area contributed by atoms with Gasteiger partial charge in [0, 0.05) is 12.5 Å². The van der Waals surface area contributed by atoms with E-state index in [2.05, 4.69) is 4.52 Å². The molecule has 7 nitrogen and oxygen atoms in total. The van der Waals surface area contributed by atoms with E-state index in [4.69, 9.17) is 9.79 Å². The fraction of sp³-hybridized carbons (Fsp3) is 0.188. The topological polar surface area (TPSA) is 124 Å². The van der Waals surface area contributed by atoms with Crippen LogP contribution in [0.1, 0.15) is 35.2 Å². The van der Waals surface area contributed by atoms with E-state index in [1.165, 1.54) is 18.2 Å². The number of aromatic hydroxyl groups is 2. The first-order valence-electron chi connectivity index (χ1n) is 7.06. The van der Waals surface area contributed by atoms with Crippen molar-refractivity contribution in [3.05, 3.63) is 53.6 Å². The Morgan fingerprint density at radius 1 is 1.12 bits per heavy atom. The summed E-state index contributed by atoms with van der Waals surface area (Å²) in [7, 11) is -4.87. The standard InChI is InChI=1S/C16H17O7P/c1-10(11-3-2-4-12(17)8-11)7-15(19)14-6-5-13(18)9-16(14)23-24(20,21)22/h2-6,8-10,17-18H,7H2,1H3,(H2,20,21,22). The van der Waals surface area contributed by atoms with Crippen LogP contribution in [0.3, 0.4) is 0 Å². The van der Waals surface area contributed by atoms with Gasteiger partial charge in [-0.2, -0.15) is 0 Å². The molecule has 128 valence electrons. The lowest BCUT2D eigenvalue weighted by Gasteiger charge is -2.14. The predicted molar refractivity (Wildman–Crippen MR) is 86.2 cm³/mol. The quantitative estimate of drug-likeness (QED) is 0.465. The van der Waals surface area contributed by atoms with Crippen molar-refractivity contribution in [2.24, 2.45) is 0 Å². The normalized spacial score (nSPS) is 12.6. The van der Waals surface area contributed by atoms with Crippen molar-refractivity contribution < 1.29 is 33.9 Å². The maximum atomic E-state index is 12.5. The third-order valence-electron chi connectivity index (χ3n) is 3.41. The van der Waals surface area contributed by atoms with Gasteiger partial charge in [-0.3, -0.25) is 14.6 Å². The predicted octanol–water partition coefficient (Wildman–Crippen LogP) is 2.95. The van der Waals surface area contributed by atoms with Crippen LogP contribution in [0, 0.1) is 0 Å². The highest BCUT2D eigenvalue weighted by Crippen LogP contribution is 2.41. The smallest absolute Gasteiger partial charge is 0.508 e. The summed E-state index contributed by atoms with van der Waals surface area (Å²) >= 11 is 0. The number of carbonyl (C=O) groups excluding carboxylic acids is 1. The van der Waals surface area contributed by atoms with E-state index in [0.29, 0.717) is 0 Å². The van der Waals surface area contributed by atoms with Gasteiger partial charge in [-0.1, -0.05) is 19.1 Å². The minimum Gasteiger partial charge on any atom is -0.508 e. The van der Waals surface area contributed by atoms with Gasteiger partial charge in [0.05, 0.1) is 5.56 Å². The van der Waals surface area contributed by atoms with Gasteiger partial charge in [0.2, 0.25) is 0 Å². The van der Waals surface area contributed by atoms with Crippen molar-refractivity contribution in [1.29, 1.82) is 0 Å². The molecule has 0 saturated carbocycles. The summed E-state index contributed by atoms with van der Waals surface area (Å²) in [5.74, 6) is -1.22. The molecule has 0 spiro atoms. The minimum absolute atomic E-state index is 0.0335. The number of benzene rings is 2. The number of phenolic OH excluding ortho intramolecular Hbond substituents is 2. The number of hydrogen-bond donors (Lipinski definition) is 4. The number of Topliss-reactive ketones (excluding diaryl/α,β-unsaturated/α-hetero) is 1. The molecule has 4 N–H and O–H groups in total. The first-order valence-corrected chi connectivity index (χ1v) is 8.59. The second kappa shape index (κ2) is 7.05. The molecule has 0 aliphatic carbocycles. The van der Waals surface area contributed by atoms with E-state index in [0.717, 1.165) is 11.6 Å². The van der Waals surface area contributed by atoms with Crippen molar-refractivity contribution in [3.63, 3.8) is 0 Å². The van der Waals surface area contributed by atoms with Gasteiger partial charge >= 0.3 is 7.82 Å². The molecule has 2 rings (SSSR count). The number of hydrogen-bond acceptors (Lipinski definition) is 5. The van der Waals surface area contributed by atoms with Gasteiger partial charge in [-0.25, -0.2) is 4.57 Å². The number of carbonyl (C=O) groups is 1. The summed E-state index contributed by atoms with van der Waals surface area (Å²) in [6.45, 7) is 1.79. The Labute approximate surface area is 138 Å². The zero-order chi connectivity index (χ0) is 17.9. The molecule has 1 unspecified atom stereocenters. The molecule has 2 aromatic rings. The zero-order valence-corrected chi connectivity index (χ0v) is 13.7. The molecular formula is C16H17O7P. The Morgan fingerprint density at radius 2 is 1.79 bits per heavy atom. The lowest BCUT2D eigenvalue weighted by Crippen LogP contribution is -2.07. The fourth-order valence-electron chi connectivity index (χ4n) is 2.28. The third-order valence-corrected chi connectivity index (χ3v) is 3.85. The largest absolute Gasteiger partial charge is 0.524 e. The van der Waals surface area contributed by atoms with Crippen LogP contribution in [-0.4, -0.2) is 25.8 Å². The maximum absolute atomic E-state index is 12.5. The molecule has 0 aliphatic rings. The monoisotopic (exact) mass is 352 g/mol. The molecule has 2 aromatic carbocycles. The fourth-order valence-corrected chi connectivity index (χ4v) is 2.69. The van der Waals surface area contributed by atoms with Crippen LogP contribution in [0.15, 0.2) is 42.5 Å². The molecule has 0 heterocycles. The van der Waals surface area contributed by atoms with Crippen LogP contribution in [0.5, 0.6) is 17.2 Å². The van der Waals surface area contributed by atoms with Gasteiger partial charge in [-0.15, -0.1) is 0 Å². The number of phenols is 2. The average molecular weight is 352 g/mol. The Hall–Kier alpha value is -2.34. The molecule has 0 saturated heterocycles. The molecule has 24 heavy (non-hydrogen) atoms. The number of phosphoric ester groups is 1. The Kier molecular flexibility index (Phi) is 5.29. The van der Waals surface area contributed by atoms with E-state index in [1.54, 1.807) is 25.1 Å². The Balaban J connectivity index is 2.25. The average Bonchev–Trinajstić information content (AvgIpc) is 2.45. The van der Waals surface area contributed by atoms with Crippen molar-refractivity contribution in [1.82, 2.24) is 0 Å². The Bertz CT molecular complexity index is 797. The highest BCUT2D eigenvalue weighted by atomic mass is 31.2. The van der Waals surface area contributed by atoms with Gasteiger partial charge in [0.25, 0.3) is 0 Å². The van der Waals surface area contributed by atoms with Crippen LogP contribution in [0.4, 0.5) is 0 Å². The molecule has 0 radical (unpaired) electrons. The minimum atomic E-state index is -4.87. The summed E-state index contributed by atoms with van der Waals surface area (Å²) < 4.78 is 15.5. The van der Waals surface area contributed by atoms with Gasteiger partial charge < -0.3 is 14.7 Å². The van der Waals surface area contributed by atoms with E-state index in [9.17, 15) is 19.6 Å². The first kappa shape index (κ1) is 18.0. The van der Waals surface area contributed by atoms with Crippen molar-refractivity contribution in [2.45, 2.75) is 19.3 Å². The maximum Gasteiger partial charge on any atom is 0.524 e. The highest BCUT2D eigenvalue weighted by molar-refractivity contribution is 7.46. The number of rotatable bonds is 6. The van der Waals surface area contributed by atoms with Crippen LogP contribution in [0.25, 0.3) is 0 Å². The SMILES string of the molecule is CC(CC(=O)c1ccc(O)cc1OP(=O)(O)O)c1cccc(O)c1. The summed E-state index contributed by atoms with van der Waals surface area (Å²) in [4.78, 5) is 30.3. The van der Waals surface area contributed by atoms with E-state index >= 15 is 0 Å². The Morgan fingerprint density at radius 3 is 2.42 bits per heavy atom. The highest BCUT2D eigenvalue weighted by Gasteiger charge is 2.23. The number of ketones is 1. The molecule has 1 atom stereocenters. The summed E-state index contributed by atoms with van der Waals surface area (Å²) in [6, 6.07) is 9.95. The second-order valence-corrected chi connectivity index (χ2v) is 6.55. The van der Waals surface area contributed by atoms with E-state index in [-0.39, 0.29) is 35.2 Å². The lowest BCUT2D eigenvalue weighted by atomic mass is 9.93. The van der Waals surface area contributed by atoms with Gasteiger partial charge in [0.1, 0.15) is 17.2 Å². The molecular weight excluding hydrogens is 335 g/mol. The van der Waals surface area contributed by atoms with E-state index < -0.39 is 13.6 Å². The van der Waals surface area contributed by atoms with Crippen LogP contribution < -0.4 is 4.52 Å². The summed E-state index contributed by atoms with van der Waals surface area (Å²) in [5, 5.41) is 18.9. The first-order chi connectivity index (χ1) is 11.2. The van der Waals surface area contributed by atoms with Gasteiger partial charge in [-0.05, 0) is 35.7 Å². The third kappa shape index (κ3) is 4.83. The van der Waals surface area contributed by atoms with E-state index in [1.807, 2.05) is 0 Å². The molecule has 0 fully saturated rings. The number of phosphoric acid groups is 1. The van der Waals surface area contributed by atoms with Gasteiger partial charge in [0.15, 0.2) is 5.78 Å². The lowest BCUT2D eigenvalue weighted by molar-refractivity contribution is 0.0973.